The Bertz CT molecular complexity index is 600. The van der Waals surface area contributed by atoms with Crippen LogP contribution in [0.4, 0.5) is 10.1 Å². The topological polar surface area (TPSA) is 72.7 Å². The van der Waals surface area contributed by atoms with E-state index in [9.17, 15) is 19.3 Å². The molecule has 1 aromatic rings. The second-order valence-electron chi connectivity index (χ2n) is 6.13. The van der Waals surface area contributed by atoms with Gasteiger partial charge in [-0.15, -0.1) is 0 Å². The molecule has 1 fully saturated rings. The maximum atomic E-state index is 13.8. The highest BCUT2D eigenvalue weighted by Crippen LogP contribution is 2.29. The Balaban J connectivity index is 1.99. The quantitative estimate of drug-likeness (QED) is 0.452. The van der Waals surface area contributed by atoms with Gasteiger partial charge in [0, 0.05) is 18.7 Å². The molecule has 0 aliphatic heterocycles. The zero-order valence-electron chi connectivity index (χ0n) is 14.0. The van der Waals surface area contributed by atoms with E-state index in [0.717, 1.165) is 37.8 Å². The molecule has 1 aliphatic carbocycles. The number of hydrogen-bond donors (Lipinski definition) is 0. The van der Waals surface area contributed by atoms with Gasteiger partial charge in [0.1, 0.15) is 0 Å². The second-order valence-corrected chi connectivity index (χ2v) is 6.13. The van der Waals surface area contributed by atoms with E-state index in [0.29, 0.717) is 12.6 Å². The van der Waals surface area contributed by atoms with Crippen molar-refractivity contribution in [1.82, 2.24) is 4.90 Å². The number of halogens is 1. The van der Waals surface area contributed by atoms with Crippen molar-refractivity contribution in [2.24, 2.45) is 5.92 Å². The summed E-state index contributed by atoms with van der Waals surface area (Å²) in [4.78, 5) is 23.8. The van der Waals surface area contributed by atoms with E-state index in [-0.39, 0.29) is 11.9 Å². The molecule has 0 spiro atoms. The van der Waals surface area contributed by atoms with E-state index in [1.807, 2.05) is 6.92 Å². The van der Waals surface area contributed by atoms with Crippen molar-refractivity contribution >= 4 is 11.7 Å². The second kappa shape index (κ2) is 8.19. The van der Waals surface area contributed by atoms with Crippen molar-refractivity contribution in [2.75, 3.05) is 13.7 Å². The smallest absolute Gasteiger partial charge is 0.308 e. The number of nitro benzene ring substituents is 1. The minimum absolute atomic E-state index is 0.0261. The molecule has 2 rings (SSSR count). The highest BCUT2D eigenvalue weighted by Gasteiger charge is 2.29. The first-order valence-electron chi connectivity index (χ1n) is 8.21. The summed E-state index contributed by atoms with van der Waals surface area (Å²) >= 11 is 0. The molecule has 132 valence electrons. The van der Waals surface area contributed by atoms with Crippen molar-refractivity contribution in [2.45, 2.75) is 45.2 Å². The third-order valence-electron chi connectivity index (χ3n) is 4.75. The first kappa shape index (κ1) is 18.3. The minimum atomic E-state index is -0.803. The molecule has 0 N–H and O–H groups in total. The zero-order chi connectivity index (χ0) is 17.7. The normalized spacial score (nSPS) is 20.8. The molecule has 1 aromatic carbocycles. The predicted molar refractivity (Wildman–Crippen MR) is 86.9 cm³/mol. The van der Waals surface area contributed by atoms with Crippen LogP contribution in [0, 0.1) is 21.8 Å². The van der Waals surface area contributed by atoms with Crippen LogP contribution in [0.5, 0.6) is 0 Å². The lowest BCUT2D eigenvalue weighted by atomic mass is 9.85. The van der Waals surface area contributed by atoms with Crippen LogP contribution in [-0.2, 0) is 16.1 Å². The van der Waals surface area contributed by atoms with Gasteiger partial charge in [-0.2, -0.15) is 4.39 Å². The van der Waals surface area contributed by atoms with Crippen LogP contribution in [0.25, 0.3) is 0 Å². The number of benzene rings is 1. The summed E-state index contributed by atoms with van der Waals surface area (Å²) in [5.74, 6) is -0.973. The Morgan fingerprint density at radius 3 is 2.54 bits per heavy atom. The first-order chi connectivity index (χ1) is 11.5. The molecule has 0 saturated heterocycles. The summed E-state index contributed by atoms with van der Waals surface area (Å²) in [6.07, 6.45) is 3.37. The number of nitro groups is 1. The molecule has 1 saturated carbocycles. The molecule has 0 aromatic heterocycles. The van der Waals surface area contributed by atoms with Gasteiger partial charge in [0.15, 0.2) is 0 Å². The fraction of sp³-hybridized carbons (Fsp3) is 0.588. The third-order valence-corrected chi connectivity index (χ3v) is 4.75. The van der Waals surface area contributed by atoms with Gasteiger partial charge in [0.05, 0.1) is 18.0 Å². The summed E-state index contributed by atoms with van der Waals surface area (Å²) in [7, 11) is 1.41. The molecular formula is C17H23FN2O4. The minimum Gasteiger partial charge on any atom is -0.469 e. The van der Waals surface area contributed by atoms with Gasteiger partial charge in [0.25, 0.3) is 0 Å². The summed E-state index contributed by atoms with van der Waals surface area (Å²) in [6, 6.07) is 4.38. The average Bonchev–Trinajstić information content (AvgIpc) is 2.59. The summed E-state index contributed by atoms with van der Waals surface area (Å²) in [6.45, 7) is 3.37. The Labute approximate surface area is 140 Å². The fourth-order valence-corrected chi connectivity index (χ4v) is 3.37. The first-order valence-corrected chi connectivity index (χ1v) is 8.21. The summed E-state index contributed by atoms with van der Waals surface area (Å²) in [5.41, 5.74) is 0.218. The van der Waals surface area contributed by atoms with E-state index < -0.39 is 16.4 Å². The maximum absolute atomic E-state index is 13.8. The maximum Gasteiger partial charge on any atom is 0.308 e. The van der Waals surface area contributed by atoms with Crippen molar-refractivity contribution in [1.29, 1.82) is 0 Å². The number of carbonyl (C=O) groups is 1. The third kappa shape index (κ3) is 4.29. The Hall–Kier alpha value is -2.02. The average molecular weight is 338 g/mol. The lowest BCUT2D eigenvalue weighted by molar-refractivity contribution is -0.387. The van der Waals surface area contributed by atoms with Gasteiger partial charge < -0.3 is 4.74 Å². The van der Waals surface area contributed by atoms with Gasteiger partial charge in [-0.1, -0.05) is 13.0 Å². The molecule has 7 heteroatoms. The Morgan fingerprint density at radius 2 is 2.04 bits per heavy atom. The van der Waals surface area contributed by atoms with Crippen molar-refractivity contribution in [3.8, 4) is 0 Å². The van der Waals surface area contributed by atoms with Gasteiger partial charge in [-0.3, -0.25) is 19.8 Å². The lowest BCUT2D eigenvalue weighted by Gasteiger charge is -2.35. The largest absolute Gasteiger partial charge is 0.469 e. The number of ether oxygens (including phenoxy) is 1. The van der Waals surface area contributed by atoms with E-state index in [2.05, 4.69) is 4.90 Å². The van der Waals surface area contributed by atoms with Crippen molar-refractivity contribution < 1.29 is 18.8 Å². The fourth-order valence-electron chi connectivity index (χ4n) is 3.37. The number of rotatable bonds is 6. The predicted octanol–water partition coefficient (Wildman–Crippen LogP) is 3.29. The molecule has 0 amide bonds. The van der Waals surface area contributed by atoms with Crippen LogP contribution >= 0.6 is 0 Å². The monoisotopic (exact) mass is 338 g/mol. The molecule has 0 radical (unpaired) electrons. The Morgan fingerprint density at radius 1 is 1.38 bits per heavy atom. The van der Waals surface area contributed by atoms with Crippen LogP contribution in [0.3, 0.4) is 0 Å². The number of carbonyl (C=O) groups excluding carboxylic acids is 1. The van der Waals surface area contributed by atoms with Gasteiger partial charge in [-0.25, -0.2) is 0 Å². The SMILES string of the molecule is CCN(Cc1ccc([N+](=O)[O-])c(F)c1)C1CCC(C(=O)OC)CC1. The highest BCUT2D eigenvalue weighted by molar-refractivity contribution is 5.72. The van der Waals surface area contributed by atoms with Gasteiger partial charge >= 0.3 is 11.7 Å². The van der Waals surface area contributed by atoms with E-state index in [4.69, 9.17) is 4.74 Å². The van der Waals surface area contributed by atoms with E-state index in [1.54, 1.807) is 6.07 Å². The van der Waals surface area contributed by atoms with Crippen LogP contribution in [-0.4, -0.2) is 35.5 Å². The van der Waals surface area contributed by atoms with Gasteiger partial charge in [-0.05, 0) is 43.9 Å². The van der Waals surface area contributed by atoms with Crippen LogP contribution < -0.4 is 0 Å². The number of nitrogens with zero attached hydrogens (tertiary/aromatic N) is 2. The van der Waals surface area contributed by atoms with Gasteiger partial charge in [0.2, 0.25) is 5.82 Å². The molecule has 1 aliphatic rings. The van der Waals surface area contributed by atoms with E-state index in [1.165, 1.54) is 19.2 Å². The molecular weight excluding hydrogens is 315 g/mol. The van der Waals surface area contributed by atoms with Crippen LogP contribution in [0.15, 0.2) is 18.2 Å². The molecule has 0 bridgehead atoms. The zero-order valence-corrected chi connectivity index (χ0v) is 14.0. The standard InChI is InChI=1S/C17H23FN2O4/c1-3-19(14-7-5-13(6-8-14)17(21)24-2)11-12-4-9-16(20(22)23)15(18)10-12/h4,9-10,13-14H,3,5-8,11H2,1-2H3. The van der Waals surface area contributed by atoms with Crippen LogP contribution in [0.1, 0.15) is 38.2 Å². The van der Waals surface area contributed by atoms with Crippen LogP contribution in [0.2, 0.25) is 0 Å². The molecule has 0 unspecified atom stereocenters. The molecule has 6 nitrogen and oxygen atoms in total. The van der Waals surface area contributed by atoms with Crippen molar-refractivity contribution in [3.05, 3.63) is 39.7 Å². The molecule has 0 atom stereocenters. The number of esters is 1. The molecule has 24 heavy (non-hydrogen) atoms. The van der Waals surface area contributed by atoms with Crippen molar-refractivity contribution in [3.63, 3.8) is 0 Å². The Kier molecular flexibility index (Phi) is 6.25. The number of hydrogen-bond acceptors (Lipinski definition) is 5. The number of methoxy groups -OCH3 is 1. The van der Waals surface area contributed by atoms with E-state index >= 15 is 0 Å². The summed E-state index contributed by atoms with van der Waals surface area (Å²) in [5, 5.41) is 10.7. The summed E-state index contributed by atoms with van der Waals surface area (Å²) < 4.78 is 18.6. The lowest BCUT2D eigenvalue weighted by Crippen LogP contribution is -2.38. The molecule has 0 heterocycles. The highest BCUT2D eigenvalue weighted by atomic mass is 19.1.